The number of aromatic nitrogens is 1. The van der Waals surface area contributed by atoms with E-state index in [0.717, 1.165) is 29.9 Å². The molecule has 1 unspecified atom stereocenters. The van der Waals surface area contributed by atoms with E-state index in [4.69, 9.17) is 0 Å². The summed E-state index contributed by atoms with van der Waals surface area (Å²) in [5.74, 6) is 1.05. The summed E-state index contributed by atoms with van der Waals surface area (Å²) in [6.07, 6.45) is 1.90. The van der Waals surface area contributed by atoms with E-state index in [0.29, 0.717) is 6.04 Å². The molecule has 0 aliphatic carbocycles. The molecule has 1 atom stereocenters. The molecule has 3 nitrogen and oxygen atoms in total. The second kappa shape index (κ2) is 6.16. The standard InChI is InChI=1S/C17H20BrN3/c1-13-8-9-19-17(16(13)18)21-11-10-20(2)12-15(21)14-6-4-3-5-7-14/h3-9,15H,10-12H2,1-2H3. The Labute approximate surface area is 134 Å². The van der Waals surface area contributed by atoms with Crippen LogP contribution in [0.2, 0.25) is 0 Å². The molecule has 3 rings (SSSR count). The molecule has 0 radical (unpaired) electrons. The number of halogens is 1. The summed E-state index contributed by atoms with van der Waals surface area (Å²) in [6.45, 7) is 5.19. The molecule has 1 aliphatic heterocycles. The number of pyridine rings is 1. The van der Waals surface area contributed by atoms with Gasteiger partial charge in [0.1, 0.15) is 5.82 Å². The summed E-state index contributed by atoms with van der Waals surface area (Å²) in [4.78, 5) is 9.43. The fourth-order valence-corrected chi connectivity index (χ4v) is 3.32. The van der Waals surface area contributed by atoms with Crippen molar-refractivity contribution >= 4 is 21.7 Å². The van der Waals surface area contributed by atoms with E-state index in [1.807, 2.05) is 12.3 Å². The topological polar surface area (TPSA) is 19.4 Å². The molecule has 0 saturated carbocycles. The molecule has 0 N–H and O–H groups in total. The fraction of sp³-hybridized carbons (Fsp3) is 0.353. The van der Waals surface area contributed by atoms with Crippen molar-refractivity contribution in [3.05, 3.63) is 58.2 Å². The number of nitrogens with zero attached hydrogens (tertiary/aromatic N) is 3. The maximum absolute atomic E-state index is 4.62. The molecule has 1 fully saturated rings. The van der Waals surface area contributed by atoms with Crippen molar-refractivity contribution in [1.82, 2.24) is 9.88 Å². The van der Waals surface area contributed by atoms with E-state index in [1.165, 1.54) is 11.1 Å². The van der Waals surface area contributed by atoms with Crippen molar-refractivity contribution in [3.63, 3.8) is 0 Å². The van der Waals surface area contributed by atoms with Crippen LogP contribution in [0, 0.1) is 6.92 Å². The van der Waals surface area contributed by atoms with Crippen molar-refractivity contribution in [3.8, 4) is 0 Å². The minimum Gasteiger partial charge on any atom is -0.346 e. The molecule has 0 spiro atoms. The van der Waals surface area contributed by atoms with Crippen molar-refractivity contribution in [2.24, 2.45) is 0 Å². The molecule has 1 aliphatic rings. The van der Waals surface area contributed by atoms with Crippen molar-refractivity contribution in [1.29, 1.82) is 0 Å². The quantitative estimate of drug-likeness (QED) is 0.828. The van der Waals surface area contributed by atoms with Crippen LogP contribution in [0.15, 0.2) is 47.1 Å². The normalized spacial score (nSPS) is 19.8. The Balaban J connectivity index is 2.00. The largest absolute Gasteiger partial charge is 0.346 e. The number of anilines is 1. The van der Waals surface area contributed by atoms with Gasteiger partial charge in [0, 0.05) is 25.8 Å². The van der Waals surface area contributed by atoms with Gasteiger partial charge in [0.2, 0.25) is 0 Å². The Hall–Kier alpha value is -1.39. The van der Waals surface area contributed by atoms with Gasteiger partial charge in [0.05, 0.1) is 10.5 Å². The van der Waals surface area contributed by atoms with Gasteiger partial charge in [-0.05, 0) is 47.1 Å². The lowest BCUT2D eigenvalue weighted by Crippen LogP contribution is -2.47. The van der Waals surface area contributed by atoms with Gasteiger partial charge in [-0.2, -0.15) is 0 Å². The minimum atomic E-state index is 0.343. The molecular formula is C17H20BrN3. The Bertz CT molecular complexity index is 615. The monoisotopic (exact) mass is 345 g/mol. The van der Waals surface area contributed by atoms with E-state index >= 15 is 0 Å². The first-order valence-electron chi connectivity index (χ1n) is 7.28. The summed E-state index contributed by atoms with van der Waals surface area (Å²) >= 11 is 3.71. The predicted molar refractivity (Wildman–Crippen MR) is 90.7 cm³/mol. The van der Waals surface area contributed by atoms with Gasteiger partial charge in [0.25, 0.3) is 0 Å². The number of hydrogen-bond donors (Lipinski definition) is 0. The SMILES string of the molecule is Cc1ccnc(N2CCN(C)CC2c2ccccc2)c1Br. The highest BCUT2D eigenvalue weighted by molar-refractivity contribution is 9.10. The van der Waals surface area contributed by atoms with Gasteiger partial charge in [-0.3, -0.25) is 0 Å². The number of likely N-dealkylation sites (N-methyl/N-ethyl adjacent to an activating group) is 1. The molecule has 0 amide bonds. The number of piperazine rings is 1. The van der Waals surface area contributed by atoms with Crippen molar-refractivity contribution in [2.75, 3.05) is 31.6 Å². The van der Waals surface area contributed by atoms with Gasteiger partial charge >= 0.3 is 0 Å². The van der Waals surface area contributed by atoms with Crippen LogP contribution in [0.5, 0.6) is 0 Å². The molecule has 4 heteroatoms. The third-order valence-corrected chi connectivity index (χ3v) is 5.08. The highest BCUT2D eigenvalue weighted by Gasteiger charge is 2.28. The summed E-state index contributed by atoms with van der Waals surface area (Å²) in [7, 11) is 2.19. The van der Waals surface area contributed by atoms with Crippen LogP contribution in [-0.4, -0.2) is 36.6 Å². The molecule has 21 heavy (non-hydrogen) atoms. The van der Waals surface area contributed by atoms with Crippen LogP contribution in [0.1, 0.15) is 17.2 Å². The second-order valence-electron chi connectivity index (χ2n) is 5.65. The van der Waals surface area contributed by atoms with Crippen LogP contribution >= 0.6 is 15.9 Å². The minimum absolute atomic E-state index is 0.343. The first-order valence-corrected chi connectivity index (χ1v) is 8.07. The van der Waals surface area contributed by atoms with Gasteiger partial charge in [-0.1, -0.05) is 30.3 Å². The van der Waals surface area contributed by atoms with Gasteiger partial charge in [0.15, 0.2) is 0 Å². The number of rotatable bonds is 2. The molecule has 110 valence electrons. The number of hydrogen-bond acceptors (Lipinski definition) is 3. The lowest BCUT2D eigenvalue weighted by atomic mass is 10.0. The molecule has 2 aromatic rings. The average molecular weight is 346 g/mol. The molecule has 1 aromatic heterocycles. The van der Waals surface area contributed by atoms with E-state index in [1.54, 1.807) is 0 Å². The Morgan fingerprint density at radius 3 is 2.67 bits per heavy atom. The Morgan fingerprint density at radius 1 is 1.14 bits per heavy atom. The lowest BCUT2D eigenvalue weighted by molar-refractivity contribution is 0.268. The summed E-state index contributed by atoms with van der Waals surface area (Å²) in [5, 5.41) is 0. The summed E-state index contributed by atoms with van der Waals surface area (Å²) in [6, 6.07) is 13.1. The third kappa shape index (κ3) is 2.97. The lowest BCUT2D eigenvalue weighted by Gasteiger charge is -2.41. The zero-order valence-electron chi connectivity index (χ0n) is 12.5. The van der Waals surface area contributed by atoms with E-state index in [-0.39, 0.29) is 0 Å². The Morgan fingerprint density at radius 2 is 1.90 bits per heavy atom. The smallest absolute Gasteiger partial charge is 0.143 e. The highest BCUT2D eigenvalue weighted by Crippen LogP contribution is 2.34. The number of aryl methyl sites for hydroxylation is 1. The maximum Gasteiger partial charge on any atom is 0.143 e. The molecule has 2 heterocycles. The summed E-state index contributed by atoms with van der Waals surface area (Å²) in [5.41, 5.74) is 2.57. The average Bonchev–Trinajstić information content (AvgIpc) is 2.51. The van der Waals surface area contributed by atoms with Gasteiger partial charge in [-0.25, -0.2) is 4.98 Å². The second-order valence-corrected chi connectivity index (χ2v) is 6.44. The first kappa shape index (κ1) is 14.5. The fourth-order valence-electron chi connectivity index (χ4n) is 2.86. The molecular weight excluding hydrogens is 326 g/mol. The maximum atomic E-state index is 4.62. The van der Waals surface area contributed by atoms with Gasteiger partial charge < -0.3 is 9.80 Å². The van der Waals surface area contributed by atoms with Gasteiger partial charge in [-0.15, -0.1) is 0 Å². The predicted octanol–water partition coefficient (Wildman–Crippen LogP) is 3.65. The zero-order valence-corrected chi connectivity index (χ0v) is 14.0. The first-order chi connectivity index (χ1) is 10.2. The number of benzene rings is 1. The van der Waals surface area contributed by atoms with E-state index < -0.39 is 0 Å². The highest BCUT2D eigenvalue weighted by atomic mass is 79.9. The summed E-state index contributed by atoms with van der Waals surface area (Å²) < 4.78 is 1.11. The van der Waals surface area contributed by atoms with Crippen LogP contribution in [0.3, 0.4) is 0 Å². The zero-order chi connectivity index (χ0) is 14.8. The van der Waals surface area contributed by atoms with E-state index in [2.05, 4.69) is 75.0 Å². The molecule has 0 bridgehead atoms. The van der Waals surface area contributed by atoms with Crippen LogP contribution < -0.4 is 4.90 Å². The van der Waals surface area contributed by atoms with E-state index in [9.17, 15) is 0 Å². The molecule has 1 aromatic carbocycles. The molecule has 1 saturated heterocycles. The van der Waals surface area contributed by atoms with Crippen molar-refractivity contribution in [2.45, 2.75) is 13.0 Å². The third-order valence-electron chi connectivity index (χ3n) is 4.10. The van der Waals surface area contributed by atoms with Crippen molar-refractivity contribution < 1.29 is 0 Å². The van der Waals surface area contributed by atoms with Crippen LogP contribution in [-0.2, 0) is 0 Å². The van der Waals surface area contributed by atoms with Crippen LogP contribution in [0.25, 0.3) is 0 Å². The van der Waals surface area contributed by atoms with Crippen LogP contribution in [0.4, 0.5) is 5.82 Å². The Kier molecular flexibility index (Phi) is 4.27.